The summed E-state index contributed by atoms with van der Waals surface area (Å²) in [6, 6.07) is 11.6. The van der Waals surface area contributed by atoms with Crippen molar-refractivity contribution in [1.82, 2.24) is 0 Å². The molecule has 0 saturated heterocycles. The lowest BCUT2D eigenvalue weighted by atomic mass is 10.2. The molecule has 0 aliphatic carbocycles. The number of carbonyl (C=O) groups is 1. The zero-order valence-corrected chi connectivity index (χ0v) is 9.58. The predicted octanol–water partition coefficient (Wildman–Crippen LogP) is 2.54. The Kier molecular flexibility index (Phi) is 3.38. The number of anilines is 1. The van der Waals surface area contributed by atoms with Gasteiger partial charge in [0, 0.05) is 23.0 Å². The highest BCUT2D eigenvalue weighted by molar-refractivity contribution is 5.86. The van der Waals surface area contributed by atoms with Gasteiger partial charge in [-0.15, -0.1) is 0 Å². The van der Waals surface area contributed by atoms with Crippen LogP contribution in [0, 0.1) is 0 Å². The molecule has 0 fully saturated rings. The Morgan fingerprint density at radius 2 is 1.83 bits per heavy atom. The van der Waals surface area contributed by atoms with Crippen molar-refractivity contribution in [3.05, 3.63) is 53.6 Å². The van der Waals surface area contributed by atoms with E-state index in [0.29, 0.717) is 22.5 Å². The van der Waals surface area contributed by atoms with Crippen molar-refractivity contribution in [2.75, 3.05) is 5.73 Å². The minimum Gasteiger partial charge on any atom is -0.507 e. The van der Waals surface area contributed by atoms with E-state index in [1.165, 1.54) is 12.3 Å². The number of phenolic OH excluding ortho intramolecular Hbond substituents is 1. The first-order valence-corrected chi connectivity index (χ1v) is 5.37. The van der Waals surface area contributed by atoms with Gasteiger partial charge in [0.1, 0.15) is 12.0 Å². The van der Waals surface area contributed by atoms with E-state index in [2.05, 4.69) is 4.99 Å². The van der Waals surface area contributed by atoms with Crippen molar-refractivity contribution in [1.29, 1.82) is 0 Å². The summed E-state index contributed by atoms with van der Waals surface area (Å²) in [4.78, 5) is 14.7. The molecule has 0 spiro atoms. The Morgan fingerprint density at radius 1 is 1.11 bits per heavy atom. The molecule has 0 amide bonds. The van der Waals surface area contributed by atoms with Crippen LogP contribution in [0.1, 0.15) is 15.9 Å². The van der Waals surface area contributed by atoms with Crippen molar-refractivity contribution < 1.29 is 9.90 Å². The maximum Gasteiger partial charge on any atom is 0.150 e. The van der Waals surface area contributed by atoms with Gasteiger partial charge in [-0.3, -0.25) is 9.79 Å². The van der Waals surface area contributed by atoms with Crippen molar-refractivity contribution in [3.63, 3.8) is 0 Å². The third-order valence-corrected chi connectivity index (χ3v) is 2.43. The zero-order valence-electron chi connectivity index (χ0n) is 9.58. The van der Waals surface area contributed by atoms with Gasteiger partial charge in [-0.05, 0) is 42.5 Å². The van der Waals surface area contributed by atoms with E-state index in [9.17, 15) is 9.90 Å². The third-order valence-electron chi connectivity index (χ3n) is 2.43. The maximum absolute atomic E-state index is 10.5. The molecule has 0 atom stereocenters. The fourth-order valence-corrected chi connectivity index (χ4v) is 1.46. The molecule has 18 heavy (non-hydrogen) atoms. The molecule has 0 saturated carbocycles. The molecule has 4 heteroatoms. The summed E-state index contributed by atoms with van der Waals surface area (Å²) in [7, 11) is 0. The second kappa shape index (κ2) is 5.14. The number of benzene rings is 2. The van der Waals surface area contributed by atoms with Gasteiger partial charge < -0.3 is 10.8 Å². The van der Waals surface area contributed by atoms with Crippen LogP contribution in [-0.4, -0.2) is 17.6 Å². The smallest absolute Gasteiger partial charge is 0.150 e. The number of nitrogens with zero attached hydrogens (tertiary/aromatic N) is 1. The van der Waals surface area contributed by atoms with E-state index in [1.807, 2.05) is 0 Å². The molecule has 3 N–H and O–H groups in total. The van der Waals surface area contributed by atoms with Crippen molar-refractivity contribution in [2.24, 2.45) is 4.99 Å². The maximum atomic E-state index is 10.5. The van der Waals surface area contributed by atoms with Crippen LogP contribution in [0.15, 0.2) is 47.5 Å². The number of aliphatic imine (C=N–C) groups is 1. The standard InChI is InChI=1S/C14H12N2O2/c15-12-3-6-14(18)11(7-12)8-16-13-4-1-10(9-17)2-5-13/h1-9,18H,15H2/b16-8+. The van der Waals surface area contributed by atoms with E-state index in [1.54, 1.807) is 36.4 Å². The number of aldehydes is 1. The van der Waals surface area contributed by atoms with Crippen LogP contribution in [0.4, 0.5) is 11.4 Å². The topological polar surface area (TPSA) is 75.7 Å². The van der Waals surface area contributed by atoms with Crippen LogP contribution in [0.25, 0.3) is 0 Å². The van der Waals surface area contributed by atoms with E-state index in [-0.39, 0.29) is 5.75 Å². The number of phenols is 1. The molecular weight excluding hydrogens is 228 g/mol. The summed E-state index contributed by atoms with van der Waals surface area (Å²) in [6.45, 7) is 0. The molecule has 2 aromatic rings. The Hall–Kier alpha value is -2.62. The lowest BCUT2D eigenvalue weighted by Crippen LogP contribution is -1.88. The molecule has 2 rings (SSSR count). The van der Waals surface area contributed by atoms with Gasteiger partial charge in [0.05, 0.1) is 5.69 Å². The molecule has 4 nitrogen and oxygen atoms in total. The van der Waals surface area contributed by atoms with Gasteiger partial charge in [-0.1, -0.05) is 0 Å². The molecule has 0 unspecified atom stereocenters. The van der Waals surface area contributed by atoms with Gasteiger partial charge in [-0.2, -0.15) is 0 Å². The number of hydrogen-bond acceptors (Lipinski definition) is 4. The lowest BCUT2D eigenvalue weighted by Gasteiger charge is -2.00. The average Bonchev–Trinajstić information content (AvgIpc) is 2.40. The summed E-state index contributed by atoms with van der Waals surface area (Å²) in [6.07, 6.45) is 2.30. The molecule has 90 valence electrons. The SMILES string of the molecule is Nc1ccc(O)c(/C=N/c2ccc(C=O)cc2)c1. The molecular formula is C14H12N2O2. The number of nitrogen functional groups attached to an aromatic ring is 1. The van der Waals surface area contributed by atoms with E-state index in [4.69, 9.17) is 5.73 Å². The van der Waals surface area contributed by atoms with Gasteiger partial charge >= 0.3 is 0 Å². The molecule has 0 aliphatic heterocycles. The van der Waals surface area contributed by atoms with Crippen LogP contribution in [0.2, 0.25) is 0 Å². The summed E-state index contributed by atoms with van der Waals surface area (Å²) < 4.78 is 0. The van der Waals surface area contributed by atoms with E-state index < -0.39 is 0 Å². The minimum atomic E-state index is 0.123. The summed E-state index contributed by atoms with van der Waals surface area (Å²) in [5, 5.41) is 9.60. The number of hydrogen-bond donors (Lipinski definition) is 2. The lowest BCUT2D eigenvalue weighted by molar-refractivity contribution is 0.112. The molecule has 0 radical (unpaired) electrons. The van der Waals surface area contributed by atoms with Crippen molar-refractivity contribution in [3.8, 4) is 5.75 Å². The monoisotopic (exact) mass is 240 g/mol. The quantitative estimate of drug-likeness (QED) is 0.374. The minimum absolute atomic E-state index is 0.123. The van der Waals surface area contributed by atoms with Crippen LogP contribution < -0.4 is 5.73 Å². The fraction of sp³-hybridized carbons (Fsp3) is 0. The fourth-order valence-electron chi connectivity index (χ4n) is 1.46. The van der Waals surface area contributed by atoms with Crippen molar-refractivity contribution >= 4 is 23.9 Å². The number of nitrogens with two attached hydrogens (primary N) is 1. The Bertz CT molecular complexity index is 589. The highest BCUT2D eigenvalue weighted by atomic mass is 16.3. The van der Waals surface area contributed by atoms with E-state index >= 15 is 0 Å². The normalized spacial score (nSPS) is 10.7. The molecule has 0 heterocycles. The van der Waals surface area contributed by atoms with Gasteiger partial charge in [0.25, 0.3) is 0 Å². The van der Waals surface area contributed by atoms with Gasteiger partial charge in [-0.25, -0.2) is 0 Å². The number of aromatic hydroxyl groups is 1. The number of carbonyl (C=O) groups excluding carboxylic acids is 1. The summed E-state index contributed by atoms with van der Waals surface area (Å²) in [5.41, 5.74) is 8.03. The first kappa shape index (κ1) is 11.9. The molecule has 0 aromatic heterocycles. The van der Waals surface area contributed by atoms with Crippen LogP contribution in [0.3, 0.4) is 0 Å². The largest absolute Gasteiger partial charge is 0.507 e. The summed E-state index contributed by atoms with van der Waals surface area (Å²) >= 11 is 0. The van der Waals surface area contributed by atoms with Gasteiger partial charge in [0.15, 0.2) is 0 Å². The van der Waals surface area contributed by atoms with Crippen LogP contribution in [0.5, 0.6) is 5.75 Å². The first-order chi connectivity index (χ1) is 8.69. The van der Waals surface area contributed by atoms with Crippen molar-refractivity contribution in [2.45, 2.75) is 0 Å². The number of rotatable bonds is 3. The summed E-state index contributed by atoms with van der Waals surface area (Å²) in [5.74, 6) is 0.123. The Morgan fingerprint density at radius 3 is 2.50 bits per heavy atom. The highest BCUT2D eigenvalue weighted by Gasteiger charge is 1.98. The van der Waals surface area contributed by atoms with Crippen LogP contribution >= 0.6 is 0 Å². The van der Waals surface area contributed by atoms with Crippen LogP contribution in [-0.2, 0) is 0 Å². The molecule has 0 bridgehead atoms. The zero-order chi connectivity index (χ0) is 13.0. The first-order valence-electron chi connectivity index (χ1n) is 5.37. The molecule has 0 aliphatic rings. The average molecular weight is 240 g/mol. The second-order valence-corrected chi connectivity index (χ2v) is 3.79. The highest BCUT2D eigenvalue weighted by Crippen LogP contribution is 2.19. The third kappa shape index (κ3) is 2.74. The Labute approximate surface area is 104 Å². The second-order valence-electron chi connectivity index (χ2n) is 3.79. The van der Waals surface area contributed by atoms with E-state index in [0.717, 1.165) is 6.29 Å². The predicted molar refractivity (Wildman–Crippen MR) is 71.6 cm³/mol. The Balaban J connectivity index is 2.23. The van der Waals surface area contributed by atoms with Gasteiger partial charge in [0.2, 0.25) is 0 Å². The molecule has 2 aromatic carbocycles.